The van der Waals surface area contributed by atoms with Crippen LogP contribution >= 0.6 is 0 Å². The first kappa shape index (κ1) is 21.1. The van der Waals surface area contributed by atoms with Gasteiger partial charge in [0.25, 0.3) is 0 Å². The predicted octanol–water partition coefficient (Wildman–Crippen LogP) is 5.10. The van der Waals surface area contributed by atoms with E-state index in [9.17, 15) is 48.3 Å². The van der Waals surface area contributed by atoms with E-state index >= 15 is 0 Å². The Morgan fingerprint density at radius 3 is 1.72 bits per heavy atom. The summed E-state index contributed by atoms with van der Waals surface area (Å²) >= 11 is 0. The van der Waals surface area contributed by atoms with Crippen LogP contribution < -0.4 is 10.5 Å². The molecule has 1 aromatic carbocycles. The minimum atomic E-state index is -6.93. The molecule has 13 heteroatoms. The lowest BCUT2D eigenvalue weighted by Crippen LogP contribution is -2.59. The van der Waals surface area contributed by atoms with Crippen LogP contribution in [0, 0.1) is 6.92 Å². The molecule has 0 aliphatic carbocycles. The Kier molecular flexibility index (Phi) is 5.14. The molecule has 2 N–H and O–H groups in total. The van der Waals surface area contributed by atoms with E-state index in [1.807, 2.05) is 0 Å². The summed E-state index contributed by atoms with van der Waals surface area (Å²) in [5.74, 6) is -8.31. The van der Waals surface area contributed by atoms with Gasteiger partial charge in [-0.1, -0.05) is 0 Å². The highest BCUT2D eigenvalue weighted by molar-refractivity contribution is 5.61. The number of alkyl halides is 11. The van der Waals surface area contributed by atoms with Gasteiger partial charge in [-0.15, -0.1) is 0 Å². The van der Waals surface area contributed by atoms with Crippen LogP contribution in [0.25, 0.3) is 0 Å². The fourth-order valence-electron chi connectivity index (χ4n) is 1.88. The molecule has 0 aliphatic heterocycles. The predicted molar refractivity (Wildman–Crippen MR) is 62.1 cm³/mol. The largest absolute Gasteiger partial charge is 0.457 e. The summed E-state index contributed by atoms with van der Waals surface area (Å²) in [6.45, 7) is -2.93. The van der Waals surface area contributed by atoms with Crippen molar-refractivity contribution in [2.45, 2.75) is 37.5 Å². The summed E-state index contributed by atoms with van der Waals surface area (Å²) in [7, 11) is 0. The third-order valence-electron chi connectivity index (χ3n) is 3.14. The number of hydrogen-bond acceptors (Lipinski definition) is 2. The maximum atomic E-state index is 14.3. The van der Waals surface area contributed by atoms with E-state index in [2.05, 4.69) is 4.74 Å². The first-order chi connectivity index (χ1) is 11.0. The summed E-state index contributed by atoms with van der Waals surface area (Å²) in [6, 6.07) is -0.428. The number of aryl methyl sites for hydroxylation is 1. The van der Waals surface area contributed by atoms with Gasteiger partial charge < -0.3 is 10.5 Å². The Morgan fingerprint density at radius 1 is 0.880 bits per heavy atom. The number of nitrogen functional groups attached to an aromatic ring is 1. The van der Waals surface area contributed by atoms with Gasteiger partial charge in [-0.05, 0) is 24.6 Å². The van der Waals surface area contributed by atoms with Crippen molar-refractivity contribution < 1.29 is 53.0 Å². The molecule has 0 bridgehead atoms. The zero-order valence-corrected chi connectivity index (χ0v) is 11.9. The molecule has 0 heterocycles. The smallest absolute Gasteiger partial charge is 0.433 e. The van der Waals surface area contributed by atoms with Crippen LogP contribution in [0.3, 0.4) is 0 Å². The maximum Gasteiger partial charge on any atom is 0.457 e. The Bertz CT molecular complexity index is 637. The lowest BCUT2D eigenvalue weighted by atomic mass is 9.86. The highest BCUT2D eigenvalue weighted by atomic mass is 19.4. The average molecular weight is 391 g/mol. The third-order valence-corrected chi connectivity index (χ3v) is 3.14. The van der Waals surface area contributed by atoms with Crippen molar-refractivity contribution in [3.8, 4) is 5.75 Å². The topological polar surface area (TPSA) is 35.2 Å². The Balaban J connectivity index is 3.78. The number of nitrogens with two attached hydrogens (primary N) is 1. The lowest BCUT2D eigenvalue weighted by molar-refractivity contribution is -0.389. The minimum Gasteiger partial charge on any atom is -0.433 e. The fourth-order valence-corrected chi connectivity index (χ4v) is 1.88. The molecule has 0 saturated carbocycles. The number of benzene rings is 1. The van der Waals surface area contributed by atoms with E-state index in [-0.39, 0.29) is 12.1 Å². The Morgan fingerprint density at radius 2 is 1.36 bits per heavy atom. The first-order valence-electron chi connectivity index (χ1n) is 6.02. The van der Waals surface area contributed by atoms with Crippen LogP contribution in [0.2, 0.25) is 0 Å². The molecular formula is C12H8F11NO. The summed E-state index contributed by atoms with van der Waals surface area (Å²) in [5.41, 5.74) is -4.85. The molecule has 0 aliphatic rings. The minimum absolute atomic E-state index is 0.0548. The van der Waals surface area contributed by atoms with Crippen LogP contribution in [0.4, 0.5) is 54.0 Å². The van der Waals surface area contributed by atoms with E-state index in [4.69, 9.17) is 5.73 Å². The van der Waals surface area contributed by atoms with Gasteiger partial charge in [-0.3, -0.25) is 0 Å². The van der Waals surface area contributed by atoms with Gasteiger partial charge in [0.2, 0.25) is 0 Å². The second-order valence-corrected chi connectivity index (χ2v) is 4.81. The number of halogens is 11. The third kappa shape index (κ3) is 3.40. The Hall–Kier alpha value is -1.95. The second-order valence-electron chi connectivity index (χ2n) is 4.81. The number of anilines is 1. The van der Waals surface area contributed by atoms with Crippen LogP contribution in [0.15, 0.2) is 12.1 Å². The van der Waals surface area contributed by atoms with E-state index in [0.29, 0.717) is 0 Å². The number of rotatable bonds is 4. The van der Waals surface area contributed by atoms with Crippen LogP contribution in [-0.4, -0.2) is 24.9 Å². The van der Waals surface area contributed by atoms with Crippen molar-refractivity contribution in [2.75, 3.05) is 5.73 Å². The molecule has 1 rings (SSSR count). The summed E-state index contributed by atoms with van der Waals surface area (Å²) in [6.07, 6.45) is -13.7. The molecule has 0 spiro atoms. The van der Waals surface area contributed by atoms with E-state index in [1.54, 1.807) is 0 Å². The fraction of sp³-hybridized carbons (Fsp3) is 0.500. The van der Waals surface area contributed by atoms with Crippen molar-refractivity contribution in [1.29, 1.82) is 0 Å². The van der Waals surface area contributed by atoms with Crippen molar-refractivity contribution in [1.82, 2.24) is 0 Å². The van der Waals surface area contributed by atoms with Gasteiger partial charge in [-0.2, -0.15) is 43.9 Å². The van der Waals surface area contributed by atoms with Gasteiger partial charge in [0.05, 0.1) is 5.69 Å². The highest BCUT2D eigenvalue weighted by Gasteiger charge is 2.81. The van der Waals surface area contributed by atoms with Crippen molar-refractivity contribution in [2.24, 2.45) is 0 Å². The van der Waals surface area contributed by atoms with Crippen LogP contribution in [-0.2, 0) is 5.67 Å². The SMILES string of the molecule is Cc1cc(C(F)(C(F)(F)F)C(F)(F)C(F)(F)F)cc(OC(F)F)c1N. The standard InChI is InChI=1S/C12H8F11NO/c1-4-2-5(3-6(7(4)24)25-8(13)14)9(15,11(18,19)20)10(16,17)12(21,22)23/h2-3,8H,24H2,1H3. The normalized spacial score (nSPS) is 16.0. The molecule has 25 heavy (non-hydrogen) atoms. The molecule has 0 saturated heterocycles. The molecule has 0 amide bonds. The zero-order chi connectivity index (χ0) is 20.0. The van der Waals surface area contributed by atoms with Crippen molar-refractivity contribution >= 4 is 5.69 Å². The molecular weight excluding hydrogens is 383 g/mol. The molecule has 0 radical (unpaired) electrons. The highest BCUT2D eigenvalue weighted by Crippen LogP contribution is 2.58. The van der Waals surface area contributed by atoms with E-state index in [1.165, 1.54) is 0 Å². The summed E-state index contributed by atoms with van der Waals surface area (Å²) in [5, 5.41) is 0. The second kappa shape index (κ2) is 6.09. The molecule has 144 valence electrons. The zero-order valence-electron chi connectivity index (χ0n) is 11.9. The van der Waals surface area contributed by atoms with Crippen molar-refractivity contribution in [3.63, 3.8) is 0 Å². The van der Waals surface area contributed by atoms with E-state index in [0.717, 1.165) is 6.92 Å². The van der Waals surface area contributed by atoms with Gasteiger partial charge in [0.1, 0.15) is 5.75 Å². The molecule has 0 aromatic heterocycles. The summed E-state index contributed by atoms with van der Waals surface area (Å²) < 4.78 is 145. The average Bonchev–Trinajstić information content (AvgIpc) is 2.39. The van der Waals surface area contributed by atoms with Crippen LogP contribution in [0.5, 0.6) is 5.75 Å². The van der Waals surface area contributed by atoms with Crippen molar-refractivity contribution in [3.05, 3.63) is 23.3 Å². The number of ether oxygens (including phenoxy) is 1. The quantitative estimate of drug-likeness (QED) is 0.573. The van der Waals surface area contributed by atoms with Crippen LogP contribution in [0.1, 0.15) is 11.1 Å². The molecule has 1 unspecified atom stereocenters. The van der Waals surface area contributed by atoms with Gasteiger partial charge in [0, 0.05) is 5.56 Å². The molecule has 2 nitrogen and oxygen atoms in total. The first-order valence-corrected chi connectivity index (χ1v) is 6.02. The maximum absolute atomic E-state index is 14.3. The Labute approximate surface area is 132 Å². The number of hydrogen-bond donors (Lipinski definition) is 1. The van der Waals surface area contributed by atoms with Gasteiger partial charge >= 0.3 is 30.6 Å². The molecule has 1 atom stereocenters. The molecule has 1 aromatic rings. The lowest BCUT2D eigenvalue weighted by Gasteiger charge is -2.36. The van der Waals surface area contributed by atoms with E-state index < -0.39 is 53.1 Å². The van der Waals surface area contributed by atoms with Gasteiger partial charge in [0.15, 0.2) is 0 Å². The summed E-state index contributed by atoms with van der Waals surface area (Å²) in [4.78, 5) is 0. The molecule has 0 fully saturated rings. The van der Waals surface area contributed by atoms with Gasteiger partial charge in [-0.25, -0.2) is 4.39 Å². The monoisotopic (exact) mass is 391 g/mol.